The molecule has 1 aliphatic heterocycles. The number of nitrogens with one attached hydrogen (secondary N) is 2. The van der Waals surface area contributed by atoms with Crippen LogP contribution in [0, 0.1) is 13.8 Å². The van der Waals surface area contributed by atoms with Gasteiger partial charge in [-0.05, 0) is 26.0 Å². The zero-order chi connectivity index (χ0) is 19.1. The average molecular weight is 358 g/mol. The molecule has 1 aromatic heterocycles. The van der Waals surface area contributed by atoms with Gasteiger partial charge >= 0.3 is 0 Å². The summed E-state index contributed by atoms with van der Waals surface area (Å²) in [6.45, 7) is 11.9. The number of rotatable bonds is 4. The molecule has 1 aliphatic rings. The molecular weight excluding hydrogens is 328 g/mol. The van der Waals surface area contributed by atoms with E-state index >= 15 is 0 Å². The van der Waals surface area contributed by atoms with Crippen LogP contribution < -0.4 is 26.9 Å². The first-order chi connectivity index (χ1) is 12.6. The van der Waals surface area contributed by atoms with Crippen LogP contribution in [0.25, 0.3) is 0 Å². The van der Waals surface area contributed by atoms with Crippen molar-refractivity contribution in [3.05, 3.63) is 41.2 Å². The predicted molar refractivity (Wildman–Crippen MR) is 108 cm³/mol. The predicted octanol–water partition coefficient (Wildman–Crippen LogP) is 1.46. The van der Waals surface area contributed by atoms with Crippen LogP contribution >= 0.6 is 0 Å². The third-order valence-electron chi connectivity index (χ3n) is 4.38. The summed E-state index contributed by atoms with van der Waals surface area (Å²) in [6, 6.07) is 8.05. The Morgan fingerprint density at radius 2 is 1.81 bits per heavy atom. The Balaban J connectivity index is 0.00000117. The first-order valence-electron chi connectivity index (χ1n) is 9.01. The van der Waals surface area contributed by atoms with Crippen molar-refractivity contribution in [1.29, 1.82) is 0 Å². The smallest absolute Gasteiger partial charge is 0.152 e. The van der Waals surface area contributed by atoms with Crippen molar-refractivity contribution in [2.45, 2.75) is 27.7 Å². The molecule has 0 aliphatic carbocycles. The molecule has 6 N–H and O–H groups in total. The van der Waals surface area contributed by atoms with Crippen LogP contribution in [0.5, 0.6) is 0 Å². The largest absolute Gasteiger partial charge is 0.382 e. The standard InChI is InChI=1S/C16H24N8.C2H6/c1-11-15(12(2)20-19-11)24-8-6-23(7-9-24)14-5-3-4-13(10-14)16(17)21-22-18;1-2/h3-5,10,22H,6-9,18H2,1-2H3,(H2,17,21)(H,19,20);1-2H3. The van der Waals surface area contributed by atoms with Gasteiger partial charge in [-0.2, -0.15) is 5.10 Å². The van der Waals surface area contributed by atoms with Gasteiger partial charge in [0.15, 0.2) is 5.84 Å². The lowest BCUT2D eigenvalue weighted by molar-refractivity contribution is 0.651. The quantitative estimate of drug-likeness (QED) is 0.285. The third kappa shape index (κ3) is 4.26. The number of nitrogens with two attached hydrogens (primary N) is 2. The number of aryl methyl sites for hydroxylation is 2. The van der Waals surface area contributed by atoms with Crippen molar-refractivity contribution in [2.24, 2.45) is 16.7 Å². The Labute approximate surface area is 155 Å². The van der Waals surface area contributed by atoms with Crippen molar-refractivity contribution >= 4 is 17.2 Å². The van der Waals surface area contributed by atoms with Crippen LogP contribution in [0.15, 0.2) is 29.4 Å². The van der Waals surface area contributed by atoms with Crippen LogP contribution in [0.2, 0.25) is 0 Å². The van der Waals surface area contributed by atoms with Gasteiger partial charge in [0.1, 0.15) is 0 Å². The summed E-state index contributed by atoms with van der Waals surface area (Å²) in [4.78, 5) is 4.75. The first-order valence-corrected chi connectivity index (χ1v) is 9.01. The van der Waals surface area contributed by atoms with Gasteiger partial charge in [-0.3, -0.25) is 5.10 Å². The number of anilines is 2. The summed E-state index contributed by atoms with van der Waals surface area (Å²) in [5.41, 5.74) is 13.5. The monoisotopic (exact) mass is 358 g/mol. The molecule has 1 saturated heterocycles. The van der Waals surface area contributed by atoms with Crippen LogP contribution in [0.1, 0.15) is 30.8 Å². The lowest BCUT2D eigenvalue weighted by Crippen LogP contribution is -2.47. The highest BCUT2D eigenvalue weighted by Gasteiger charge is 2.21. The average Bonchev–Trinajstić information content (AvgIpc) is 3.02. The van der Waals surface area contributed by atoms with Gasteiger partial charge < -0.3 is 15.5 Å². The van der Waals surface area contributed by atoms with Crippen LogP contribution in [0.3, 0.4) is 0 Å². The van der Waals surface area contributed by atoms with E-state index in [-0.39, 0.29) is 0 Å². The molecule has 0 saturated carbocycles. The molecule has 1 aromatic carbocycles. The Hall–Kier alpha value is -2.74. The second-order valence-corrected chi connectivity index (χ2v) is 5.93. The highest BCUT2D eigenvalue weighted by atomic mass is 15.5. The molecule has 0 amide bonds. The maximum absolute atomic E-state index is 5.89. The van der Waals surface area contributed by atoms with Gasteiger partial charge in [0.25, 0.3) is 0 Å². The van der Waals surface area contributed by atoms with Crippen LogP contribution in [0.4, 0.5) is 11.4 Å². The molecule has 0 spiro atoms. The van der Waals surface area contributed by atoms with E-state index in [2.05, 4.69) is 43.6 Å². The maximum atomic E-state index is 5.89. The second kappa shape index (κ2) is 9.10. The Morgan fingerprint density at radius 3 is 2.38 bits per heavy atom. The normalized spacial score (nSPS) is 14.7. The van der Waals surface area contributed by atoms with Gasteiger partial charge in [0.2, 0.25) is 0 Å². The molecule has 142 valence electrons. The summed E-state index contributed by atoms with van der Waals surface area (Å²) in [6.07, 6.45) is 0. The number of hydrazine groups is 1. The summed E-state index contributed by atoms with van der Waals surface area (Å²) >= 11 is 0. The highest BCUT2D eigenvalue weighted by molar-refractivity contribution is 5.98. The lowest BCUT2D eigenvalue weighted by Gasteiger charge is -2.37. The molecule has 8 heteroatoms. The van der Waals surface area contributed by atoms with Gasteiger partial charge in [0, 0.05) is 37.4 Å². The Morgan fingerprint density at radius 1 is 1.15 bits per heavy atom. The van der Waals surface area contributed by atoms with E-state index in [0.717, 1.165) is 48.8 Å². The fourth-order valence-corrected chi connectivity index (χ4v) is 3.20. The third-order valence-corrected chi connectivity index (χ3v) is 4.38. The molecule has 0 bridgehead atoms. The van der Waals surface area contributed by atoms with E-state index in [0.29, 0.717) is 5.84 Å². The lowest BCUT2D eigenvalue weighted by atomic mass is 10.1. The number of H-pyrrole nitrogens is 1. The van der Waals surface area contributed by atoms with E-state index in [1.54, 1.807) is 0 Å². The number of piperazine rings is 1. The number of benzene rings is 1. The SMILES string of the molecule is CC.Cc1n[nH]c(C)c1N1CCN(c2cccc(/C(N)=N/NN)c2)CC1. The van der Waals surface area contributed by atoms with Crippen molar-refractivity contribution < 1.29 is 0 Å². The Kier molecular flexibility index (Phi) is 6.85. The topological polar surface area (TPSA) is 112 Å². The first kappa shape index (κ1) is 19.6. The van der Waals surface area contributed by atoms with Gasteiger partial charge in [-0.25, -0.2) is 11.4 Å². The summed E-state index contributed by atoms with van der Waals surface area (Å²) in [5, 5.41) is 11.2. The number of aromatic nitrogens is 2. The fraction of sp³-hybridized carbons (Fsp3) is 0.444. The van der Waals surface area contributed by atoms with E-state index < -0.39 is 0 Å². The molecule has 8 nitrogen and oxygen atoms in total. The minimum absolute atomic E-state index is 0.377. The Bertz CT molecular complexity index is 709. The molecule has 0 atom stereocenters. The number of hydrogen-bond donors (Lipinski definition) is 4. The van der Waals surface area contributed by atoms with Gasteiger partial charge in [0.05, 0.1) is 17.1 Å². The molecule has 26 heavy (non-hydrogen) atoms. The summed E-state index contributed by atoms with van der Waals surface area (Å²) in [7, 11) is 0. The minimum Gasteiger partial charge on any atom is -0.382 e. The van der Waals surface area contributed by atoms with E-state index in [9.17, 15) is 0 Å². The fourth-order valence-electron chi connectivity index (χ4n) is 3.20. The van der Waals surface area contributed by atoms with Crippen molar-refractivity contribution in [1.82, 2.24) is 15.7 Å². The zero-order valence-corrected chi connectivity index (χ0v) is 16.1. The number of nitrogens with zero attached hydrogens (tertiary/aromatic N) is 4. The van der Waals surface area contributed by atoms with E-state index in [1.165, 1.54) is 5.69 Å². The van der Waals surface area contributed by atoms with Gasteiger partial charge in [-0.1, -0.05) is 26.0 Å². The minimum atomic E-state index is 0.377. The maximum Gasteiger partial charge on any atom is 0.152 e. The van der Waals surface area contributed by atoms with E-state index in [4.69, 9.17) is 11.6 Å². The molecule has 3 rings (SSSR count). The van der Waals surface area contributed by atoms with E-state index in [1.807, 2.05) is 39.0 Å². The molecular formula is C18H30N8. The molecule has 0 unspecified atom stereocenters. The number of hydrazone groups is 1. The van der Waals surface area contributed by atoms with Crippen molar-refractivity contribution in [3.63, 3.8) is 0 Å². The molecule has 1 fully saturated rings. The van der Waals surface area contributed by atoms with Crippen molar-refractivity contribution in [3.8, 4) is 0 Å². The zero-order valence-electron chi connectivity index (χ0n) is 16.1. The highest BCUT2D eigenvalue weighted by Crippen LogP contribution is 2.25. The molecule has 0 radical (unpaired) electrons. The van der Waals surface area contributed by atoms with Gasteiger partial charge in [-0.15, -0.1) is 5.10 Å². The van der Waals surface area contributed by atoms with Crippen LogP contribution in [-0.4, -0.2) is 42.2 Å². The number of amidine groups is 1. The second-order valence-electron chi connectivity index (χ2n) is 5.93. The number of hydrogen-bond acceptors (Lipinski definition) is 6. The summed E-state index contributed by atoms with van der Waals surface area (Å²) < 4.78 is 0. The molecule has 2 aromatic rings. The molecule has 2 heterocycles. The number of aromatic amines is 1. The van der Waals surface area contributed by atoms with Crippen molar-refractivity contribution in [2.75, 3.05) is 36.0 Å². The summed E-state index contributed by atoms with van der Waals surface area (Å²) in [5.74, 6) is 5.57. The van der Waals surface area contributed by atoms with Crippen LogP contribution in [-0.2, 0) is 0 Å².